The molecule has 0 unspecified atom stereocenters. The van der Waals surface area contributed by atoms with Gasteiger partial charge in [-0.05, 0) is 60.2 Å². The van der Waals surface area contributed by atoms with Crippen LogP contribution in [0.1, 0.15) is 15.9 Å². The van der Waals surface area contributed by atoms with E-state index in [2.05, 4.69) is 0 Å². The van der Waals surface area contributed by atoms with Gasteiger partial charge in [0.25, 0.3) is 15.9 Å². The molecular formula is C22H20F2N2O3S. The number of hydrogen-bond donors (Lipinski definition) is 0. The number of anilines is 1. The molecule has 8 heteroatoms. The maximum Gasteiger partial charge on any atom is 0.264 e. The molecule has 0 fully saturated rings. The predicted octanol–water partition coefficient (Wildman–Crippen LogP) is 4.06. The Morgan fingerprint density at radius 2 is 1.43 bits per heavy atom. The molecule has 30 heavy (non-hydrogen) atoms. The van der Waals surface area contributed by atoms with Crippen LogP contribution < -0.4 is 4.31 Å². The van der Waals surface area contributed by atoms with Gasteiger partial charge in [-0.2, -0.15) is 0 Å². The molecule has 0 N–H and O–H groups in total. The van der Waals surface area contributed by atoms with Gasteiger partial charge in [0.05, 0.1) is 10.6 Å². The van der Waals surface area contributed by atoms with Crippen molar-refractivity contribution >= 4 is 21.6 Å². The first-order valence-corrected chi connectivity index (χ1v) is 10.5. The minimum absolute atomic E-state index is 0.0599. The van der Waals surface area contributed by atoms with Crippen LogP contribution in [-0.2, 0) is 16.6 Å². The summed E-state index contributed by atoms with van der Waals surface area (Å²) in [5.41, 5.74) is 1.24. The molecule has 0 bridgehead atoms. The maximum absolute atomic E-state index is 13.1. The molecule has 3 rings (SSSR count). The zero-order valence-corrected chi connectivity index (χ0v) is 17.2. The second-order valence-corrected chi connectivity index (χ2v) is 8.73. The van der Waals surface area contributed by atoms with E-state index in [9.17, 15) is 22.0 Å². The Hall–Kier alpha value is -3.26. The third kappa shape index (κ3) is 4.65. The van der Waals surface area contributed by atoms with E-state index in [1.54, 1.807) is 19.2 Å². The topological polar surface area (TPSA) is 57.7 Å². The van der Waals surface area contributed by atoms with E-state index >= 15 is 0 Å². The lowest BCUT2D eigenvalue weighted by Gasteiger charge is -2.21. The number of hydrogen-bond acceptors (Lipinski definition) is 3. The number of rotatable bonds is 6. The molecule has 3 aromatic carbocycles. The van der Waals surface area contributed by atoms with Crippen molar-refractivity contribution in [1.82, 2.24) is 4.90 Å². The normalized spacial score (nSPS) is 11.2. The fraction of sp³-hybridized carbons (Fsp3) is 0.136. The van der Waals surface area contributed by atoms with Gasteiger partial charge in [0, 0.05) is 26.2 Å². The summed E-state index contributed by atoms with van der Waals surface area (Å²) >= 11 is 0. The molecule has 5 nitrogen and oxygen atoms in total. The summed E-state index contributed by atoms with van der Waals surface area (Å²) < 4.78 is 53.1. The van der Waals surface area contributed by atoms with Crippen LogP contribution in [-0.4, -0.2) is 33.3 Å². The molecule has 0 spiro atoms. The molecule has 0 aliphatic carbocycles. The fourth-order valence-electron chi connectivity index (χ4n) is 2.89. The highest BCUT2D eigenvalue weighted by Crippen LogP contribution is 2.23. The van der Waals surface area contributed by atoms with Gasteiger partial charge in [-0.1, -0.05) is 18.2 Å². The first-order valence-electron chi connectivity index (χ1n) is 9.03. The first kappa shape index (κ1) is 21.4. The van der Waals surface area contributed by atoms with Gasteiger partial charge in [0.2, 0.25) is 0 Å². The summed E-state index contributed by atoms with van der Waals surface area (Å²) in [6.45, 7) is 0.242. The Morgan fingerprint density at radius 1 is 0.867 bits per heavy atom. The van der Waals surface area contributed by atoms with Crippen molar-refractivity contribution in [3.8, 4) is 0 Å². The van der Waals surface area contributed by atoms with Crippen LogP contribution in [0, 0.1) is 11.6 Å². The van der Waals surface area contributed by atoms with Crippen LogP contribution in [0.25, 0.3) is 0 Å². The molecule has 0 radical (unpaired) electrons. The largest absolute Gasteiger partial charge is 0.337 e. The minimum Gasteiger partial charge on any atom is -0.337 e. The monoisotopic (exact) mass is 430 g/mol. The van der Waals surface area contributed by atoms with Gasteiger partial charge < -0.3 is 4.90 Å². The summed E-state index contributed by atoms with van der Waals surface area (Å²) in [5, 5.41) is 0. The van der Waals surface area contributed by atoms with Gasteiger partial charge in [0.1, 0.15) is 11.6 Å². The van der Waals surface area contributed by atoms with Crippen LogP contribution in [0.5, 0.6) is 0 Å². The van der Waals surface area contributed by atoms with Crippen LogP contribution >= 0.6 is 0 Å². The lowest BCUT2D eigenvalue weighted by atomic mass is 10.1. The highest BCUT2D eigenvalue weighted by Gasteiger charge is 2.23. The Morgan fingerprint density at radius 3 is 2.03 bits per heavy atom. The third-order valence-electron chi connectivity index (χ3n) is 4.61. The van der Waals surface area contributed by atoms with E-state index in [-0.39, 0.29) is 28.7 Å². The molecule has 0 saturated heterocycles. The maximum atomic E-state index is 13.1. The zero-order valence-electron chi connectivity index (χ0n) is 16.4. The smallest absolute Gasteiger partial charge is 0.264 e. The number of nitrogens with zero attached hydrogens (tertiary/aromatic N) is 2. The average Bonchev–Trinajstić information content (AvgIpc) is 2.75. The Labute approximate surface area is 174 Å². The average molecular weight is 430 g/mol. The summed E-state index contributed by atoms with van der Waals surface area (Å²) in [5.74, 6) is -1.21. The van der Waals surface area contributed by atoms with Crippen LogP contribution in [0.4, 0.5) is 14.5 Å². The van der Waals surface area contributed by atoms with Gasteiger partial charge in [0.15, 0.2) is 0 Å². The highest BCUT2D eigenvalue weighted by atomic mass is 32.2. The van der Waals surface area contributed by atoms with E-state index in [0.717, 1.165) is 9.87 Å². The molecule has 0 saturated carbocycles. The first-order chi connectivity index (χ1) is 14.2. The molecular weight excluding hydrogens is 410 g/mol. The van der Waals surface area contributed by atoms with Crippen molar-refractivity contribution in [2.45, 2.75) is 11.4 Å². The summed E-state index contributed by atoms with van der Waals surface area (Å²) in [7, 11) is -1.01. The van der Waals surface area contributed by atoms with Crippen LogP contribution in [0.15, 0.2) is 77.7 Å². The van der Waals surface area contributed by atoms with Crippen molar-refractivity contribution in [3.05, 3.63) is 95.6 Å². The quantitative estimate of drug-likeness (QED) is 0.593. The van der Waals surface area contributed by atoms with E-state index in [0.29, 0.717) is 5.69 Å². The van der Waals surface area contributed by atoms with Crippen molar-refractivity contribution < 1.29 is 22.0 Å². The molecule has 0 aromatic heterocycles. The van der Waals surface area contributed by atoms with E-state index in [1.165, 1.54) is 72.6 Å². The number of carbonyl (C=O) groups excluding carboxylic acids is 1. The van der Waals surface area contributed by atoms with E-state index in [4.69, 9.17) is 0 Å². The van der Waals surface area contributed by atoms with Crippen molar-refractivity contribution in [2.24, 2.45) is 0 Å². The number of halogens is 2. The third-order valence-corrected chi connectivity index (χ3v) is 6.39. The molecule has 0 atom stereocenters. The zero-order chi connectivity index (χ0) is 21.9. The van der Waals surface area contributed by atoms with Crippen LogP contribution in [0.3, 0.4) is 0 Å². The van der Waals surface area contributed by atoms with E-state index < -0.39 is 15.8 Å². The molecule has 3 aromatic rings. The number of carbonyl (C=O) groups is 1. The van der Waals surface area contributed by atoms with E-state index in [1.807, 2.05) is 0 Å². The number of amides is 1. The summed E-state index contributed by atoms with van der Waals surface area (Å²) in [6, 6.07) is 16.6. The fourth-order valence-corrected chi connectivity index (χ4v) is 4.14. The molecule has 156 valence electrons. The number of benzene rings is 3. The Balaban J connectivity index is 1.82. The number of sulfonamides is 1. The standard InChI is InChI=1S/C22H20F2N2O3S/c1-25(15-16-6-8-18(23)9-7-16)22(27)17-4-3-5-21(14-17)30(28,29)26(2)20-12-10-19(24)11-13-20/h3-14H,15H2,1-2H3. The SMILES string of the molecule is CN(Cc1ccc(F)cc1)C(=O)c1cccc(S(=O)(=O)N(C)c2ccc(F)cc2)c1. The summed E-state index contributed by atoms with van der Waals surface area (Å²) in [6.07, 6.45) is 0. The van der Waals surface area contributed by atoms with Gasteiger partial charge in [-0.15, -0.1) is 0 Å². The summed E-state index contributed by atoms with van der Waals surface area (Å²) in [4.78, 5) is 14.1. The van der Waals surface area contributed by atoms with Crippen molar-refractivity contribution in [3.63, 3.8) is 0 Å². The van der Waals surface area contributed by atoms with Crippen LogP contribution in [0.2, 0.25) is 0 Å². The molecule has 0 aliphatic rings. The van der Waals surface area contributed by atoms with Gasteiger partial charge in [-0.25, -0.2) is 17.2 Å². The van der Waals surface area contributed by atoms with Crippen molar-refractivity contribution in [2.75, 3.05) is 18.4 Å². The Kier molecular flexibility index (Phi) is 6.17. The lowest BCUT2D eigenvalue weighted by Crippen LogP contribution is -2.28. The molecule has 0 heterocycles. The van der Waals surface area contributed by atoms with Crippen molar-refractivity contribution in [1.29, 1.82) is 0 Å². The second kappa shape index (κ2) is 8.62. The Bertz CT molecular complexity index is 1150. The minimum atomic E-state index is -3.95. The van der Waals surface area contributed by atoms with Gasteiger partial charge >= 0.3 is 0 Å². The lowest BCUT2D eigenvalue weighted by molar-refractivity contribution is 0.0785. The van der Waals surface area contributed by atoms with Gasteiger partial charge in [-0.3, -0.25) is 9.10 Å². The highest BCUT2D eigenvalue weighted by molar-refractivity contribution is 7.92. The second-order valence-electron chi connectivity index (χ2n) is 6.76. The predicted molar refractivity (Wildman–Crippen MR) is 111 cm³/mol. The molecule has 0 aliphatic heterocycles. The molecule has 1 amide bonds.